The minimum atomic E-state index is -0.814. The quantitative estimate of drug-likeness (QED) is 0.782. The molecule has 0 spiro atoms. The van der Waals surface area contributed by atoms with E-state index in [1.54, 1.807) is 0 Å². The Morgan fingerprint density at radius 3 is 2.29 bits per heavy atom. The molecule has 2 heterocycles. The lowest BCUT2D eigenvalue weighted by Gasteiger charge is -2.37. The maximum atomic E-state index is 13.7. The van der Waals surface area contributed by atoms with E-state index in [2.05, 4.69) is 4.74 Å². The average molecular weight is 312 g/mol. The standard InChI is InChI=1S/C16H18F2O2S/c1-20-16-13(17)7-10(8-14(16)18)15(19)9-5-11-3-2-4-12(6-9)21-11/h7-9,11-12H,2-6H2,1H3. The molecule has 2 aliphatic rings. The topological polar surface area (TPSA) is 26.3 Å². The summed E-state index contributed by atoms with van der Waals surface area (Å²) in [5.74, 6) is -2.29. The predicted molar refractivity (Wildman–Crippen MR) is 79.0 cm³/mol. The molecular formula is C16H18F2O2S. The van der Waals surface area contributed by atoms with Gasteiger partial charge in [0.05, 0.1) is 7.11 Å². The van der Waals surface area contributed by atoms with Crippen molar-refractivity contribution in [3.8, 4) is 5.75 Å². The van der Waals surface area contributed by atoms with Gasteiger partial charge < -0.3 is 4.74 Å². The molecule has 0 aromatic heterocycles. The van der Waals surface area contributed by atoms with Crippen LogP contribution >= 0.6 is 11.8 Å². The second kappa shape index (κ2) is 5.95. The highest BCUT2D eigenvalue weighted by Gasteiger charge is 2.36. The largest absolute Gasteiger partial charge is 0.491 e. The highest BCUT2D eigenvalue weighted by Crippen LogP contribution is 2.44. The maximum absolute atomic E-state index is 13.7. The van der Waals surface area contributed by atoms with Crippen LogP contribution in [0.1, 0.15) is 42.5 Å². The van der Waals surface area contributed by atoms with Crippen LogP contribution in [0.2, 0.25) is 0 Å². The second-order valence-electron chi connectivity index (χ2n) is 5.82. The van der Waals surface area contributed by atoms with E-state index in [1.165, 1.54) is 13.5 Å². The van der Waals surface area contributed by atoms with Crippen molar-refractivity contribution >= 4 is 17.5 Å². The van der Waals surface area contributed by atoms with E-state index >= 15 is 0 Å². The lowest BCUT2D eigenvalue weighted by molar-refractivity contribution is 0.0895. The number of methoxy groups -OCH3 is 1. The van der Waals surface area contributed by atoms with Gasteiger partial charge in [0.1, 0.15) is 0 Å². The zero-order valence-corrected chi connectivity index (χ0v) is 12.7. The highest BCUT2D eigenvalue weighted by atomic mass is 32.2. The number of halogens is 2. The third kappa shape index (κ3) is 2.93. The summed E-state index contributed by atoms with van der Waals surface area (Å²) in [5, 5.41) is 1.05. The maximum Gasteiger partial charge on any atom is 0.190 e. The van der Waals surface area contributed by atoms with Crippen LogP contribution in [-0.4, -0.2) is 23.4 Å². The Morgan fingerprint density at radius 1 is 1.19 bits per heavy atom. The summed E-state index contributed by atoms with van der Waals surface area (Å²) in [6.45, 7) is 0. The smallest absolute Gasteiger partial charge is 0.190 e. The fourth-order valence-electron chi connectivity index (χ4n) is 3.41. The highest BCUT2D eigenvalue weighted by molar-refractivity contribution is 8.00. The molecule has 1 aromatic rings. The van der Waals surface area contributed by atoms with Crippen molar-refractivity contribution in [1.82, 2.24) is 0 Å². The Kier molecular flexibility index (Phi) is 4.20. The number of thioether (sulfide) groups is 1. The van der Waals surface area contributed by atoms with Gasteiger partial charge in [-0.1, -0.05) is 6.42 Å². The van der Waals surface area contributed by atoms with Crippen molar-refractivity contribution in [2.75, 3.05) is 7.11 Å². The molecule has 1 aromatic carbocycles. The minimum absolute atomic E-state index is 0.103. The van der Waals surface area contributed by atoms with Crippen LogP contribution in [0.15, 0.2) is 12.1 Å². The fraction of sp³-hybridized carbons (Fsp3) is 0.562. The van der Waals surface area contributed by atoms with E-state index in [-0.39, 0.29) is 17.3 Å². The lowest BCUT2D eigenvalue weighted by Crippen LogP contribution is -2.33. The average Bonchev–Trinajstić information content (AvgIpc) is 2.45. The summed E-state index contributed by atoms with van der Waals surface area (Å²) in [7, 11) is 1.21. The van der Waals surface area contributed by atoms with Gasteiger partial charge in [-0.15, -0.1) is 0 Å². The Labute approximate surface area is 127 Å². The second-order valence-corrected chi connectivity index (χ2v) is 7.42. The minimum Gasteiger partial charge on any atom is -0.491 e. The fourth-order valence-corrected chi connectivity index (χ4v) is 5.24. The molecule has 2 aliphatic heterocycles. The summed E-state index contributed by atoms with van der Waals surface area (Å²) in [6, 6.07) is 2.20. The van der Waals surface area contributed by atoms with Crippen LogP contribution < -0.4 is 4.74 Å². The predicted octanol–water partition coefficient (Wildman–Crippen LogP) is 4.22. The van der Waals surface area contributed by atoms with Crippen molar-refractivity contribution in [2.45, 2.75) is 42.6 Å². The van der Waals surface area contributed by atoms with E-state index in [0.29, 0.717) is 10.5 Å². The van der Waals surface area contributed by atoms with Crippen LogP contribution in [0.25, 0.3) is 0 Å². The van der Waals surface area contributed by atoms with Crippen LogP contribution in [0.3, 0.4) is 0 Å². The van der Waals surface area contributed by atoms with Gasteiger partial charge in [0.2, 0.25) is 0 Å². The van der Waals surface area contributed by atoms with Crippen LogP contribution in [0, 0.1) is 17.6 Å². The van der Waals surface area contributed by atoms with Gasteiger partial charge in [0.15, 0.2) is 23.2 Å². The Morgan fingerprint density at radius 2 is 1.76 bits per heavy atom. The summed E-state index contributed by atoms with van der Waals surface area (Å²) < 4.78 is 32.1. The first-order valence-corrected chi connectivity index (χ1v) is 8.25. The van der Waals surface area contributed by atoms with Gasteiger partial charge in [0, 0.05) is 22.0 Å². The van der Waals surface area contributed by atoms with E-state index in [4.69, 9.17) is 0 Å². The molecule has 3 rings (SSSR count). The number of carbonyl (C=O) groups is 1. The number of Topliss-reactive ketones (excluding diaryl/α,β-unsaturated/α-hetero) is 1. The van der Waals surface area contributed by atoms with Crippen molar-refractivity contribution in [1.29, 1.82) is 0 Å². The van der Waals surface area contributed by atoms with Crippen LogP contribution in [0.5, 0.6) is 5.75 Å². The molecule has 2 atom stereocenters. The molecule has 2 nitrogen and oxygen atoms in total. The number of fused-ring (bicyclic) bond motifs is 2. The molecule has 2 saturated heterocycles. The first-order valence-electron chi connectivity index (χ1n) is 7.31. The van der Waals surface area contributed by atoms with Crippen LogP contribution in [0.4, 0.5) is 8.78 Å². The monoisotopic (exact) mass is 312 g/mol. The summed E-state index contributed by atoms with van der Waals surface area (Å²) in [4.78, 5) is 12.6. The van der Waals surface area contributed by atoms with E-state index in [1.807, 2.05) is 11.8 Å². The summed E-state index contributed by atoms with van der Waals surface area (Å²) >= 11 is 1.98. The third-order valence-electron chi connectivity index (χ3n) is 4.39. The number of carbonyl (C=O) groups excluding carboxylic acids is 1. The van der Waals surface area contributed by atoms with Crippen LogP contribution in [-0.2, 0) is 0 Å². The van der Waals surface area contributed by atoms with Gasteiger partial charge >= 0.3 is 0 Å². The van der Waals surface area contributed by atoms with Gasteiger partial charge in [-0.05, 0) is 37.8 Å². The molecule has 0 N–H and O–H groups in total. The number of ketones is 1. The van der Waals surface area contributed by atoms with Crippen molar-refractivity contribution in [3.05, 3.63) is 29.3 Å². The van der Waals surface area contributed by atoms with E-state index in [9.17, 15) is 13.6 Å². The number of hydrogen-bond acceptors (Lipinski definition) is 3. The Bertz CT molecular complexity index is 526. The van der Waals surface area contributed by atoms with Crippen molar-refractivity contribution in [3.63, 3.8) is 0 Å². The summed E-state index contributed by atoms with van der Waals surface area (Å²) in [5.41, 5.74) is 0.126. The van der Waals surface area contributed by atoms with Gasteiger partial charge in [-0.3, -0.25) is 4.79 Å². The number of ether oxygens (including phenoxy) is 1. The lowest BCUT2D eigenvalue weighted by atomic mass is 9.84. The first kappa shape index (κ1) is 14.8. The van der Waals surface area contributed by atoms with Gasteiger partial charge in [-0.25, -0.2) is 8.78 Å². The van der Waals surface area contributed by atoms with E-state index < -0.39 is 17.4 Å². The molecule has 21 heavy (non-hydrogen) atoms. The number of benzene rings is 1. The molecule has 0 amide bonds. The Balaban J connectivity index is 1.82. The number of rotatable bonds is 3. The molecule has 0 saturated carbocycles. The van der Waals surface area contributed by atoms with E-state index in [0.717, 1.165) is 37.8 Å². The molecule has 2 fully saturated rings. The number of hydrogen-bond donors (Lipinski definition) is 0. The molecule has 0 aliphatic carbocycles. The molecular weight excluding hydrogens is 294 g/mol. The van der Waals surface area contributed by atoms with Gasteiger partial charge in [0.25, 0.3) is 0 Å². The zero-order valence-electron chi connectivity index (χ0n) is 11.9. The first-order chi connectivity index (χ1) is 10.1. The van der Waals surface area contributed by atoms with Crippen molar-refractivity contribution in [2.24, 2.45) is 5.92 Å². The molecule has 2 unspecified atom stereocenters. The molecule has 5 heteroatoms. The van der Waals surface area contributed by atoms with Crippen molar-refractivity contribution < 1.29 is 18.3 Å². The normalized spacial score (nSPS) is 28.2. The Hall–Kier alpha value is -1.10. The summed E-state index contributed by atoms with van der Waals surface area (Å²) in [6.07, 6.45) is 5.19. The molecule has 0 radical (unpaired) electrons. The third-order valence-corrected chi connectivity index (χ3v) is 6.02. The van der Waals surface area contributed by atoms with Gasteiger partial charge in [-0.2, -0.15) is 11.8 Å². The zero-order chi connectivity index (χ0) is 15.0. The molecule has 2 bridgehead atoms. The molecule has 114 valence electrons. The SMILES string of the molecule is COc1c(F)cc(C(=O)C2CC3CCCC(C2)S3)cc1F.